The molecule has 1 aromatic rings. The first-order valence-corrected chi connectivity index (χ1v) is 7.08. The third kappa shape index (κ3) is 2.74. The van der Waals surface area contributed by atoms with E-state index >= 15 is 0 Å². The zero-order valence-corrected chi connectivity index (χ0v) is 11.4. The lowest BCUT2D eigenvalue weighted by atomic mass is 9.83. The van der Waals surface area contributed by atoms with Gasteiger partial charge in [0.2, 0.25) is 0 Å². The molecule has 100 valence electrons. The number of nitrogens with one attached hydrogen (secondary N) is 1. The summed E-state index contributed by atoms with van der Waals surface area (Å²) in [5, 5.41) is 3.38. The van der Waals surface area contributed by atoms with Crippen LogP contribution in [0.2, 0.25) is 0 Å². The Morgan fingerprint density at radius 3 is 2.89 bits per heavy atom. The third-order valence-corrected chi connectivity index (χ3v) is 4.01. The van der Waals surface area contributed by atoms with Gasteiger partial charge in [0.05, 0.1) is 0 Å². The summed E-state index contributed by atoms with van der Waals surface area (Å²) in [6.45, 7) is 4.89. The van der Waals surface area contributed by atoms with Gasteiger partial charge >= 0.3 is 0 Å². The Morgan fingerprint density at radius 2 is 2.17 bits per heavy atom. The minimum absolute atomic E-state index is 0.000395. The highest BCUT2D eigenvalue weighted by Crippen LogP contribution is 2.28. The van der Waals surface area contributed by atoms with Crippen molar-refractivity contribution in [3.8, 4) is 0 Å². The second kappa shape index (κ2) is 6.03. The van der Waals surface area contributed by atoms with Crippen molar-refractivity contribution in [2.45, 2.75) is 58.5 Å². The Balaban J connectivity index is 2.15. The molecule has 18 heavy (non-hydrogen) atoms. The molecule has 0 amide bonds. The monoisotopic (exact) mass is 249 g/mol. The van der Waals surface area contributed by atoms with Gasteiger partial charge in [-0.25, -0.2) is 4.98 Å². The molecular weight excluding hydrogens is 226 g/mol. The number of aromatic nitrogens is 2. The SMILES string of the molecule is CCC1CCCCC1Nc1nccn(CC)c1=O. The molecule has 0 bridgehead atoms. The fourth-order valence-corrected chi connectivity index (χ4v) is 2.86. The maximum Gasteiger partial charge on any atom is 0.293 e. The van der Waals surface area contributed by atoms with Gasteiger partial charge in [-0.15, -0.1) is 0 Å². The van der Waals surface area contributed by atoms with Gasteiger partial charge in [0.1, 0.15) is 0 Å². The first-order chi connectivity index (χ1) is 8.76. The van der Waals surface area contributed by atoms with Crippen LogP contribution < -0.4 is 10.9 Å². The van der Waals surface area contributed by atoms with E-state index < -0.39 is 0 Å². The van der Waals surface area contributed by atoms with E-state index in [1.54, 1.807) is 17.0 Å². The number of hydrogen-bond acceptors (Lipinski definition) is 3. The molecule has 1 aliphatic rings. The van der Waals surface area contributed by atoms with Crippen molar-refractivity contribution < 1.29 is 0 Å². The van der Waals surface area contributed by atoms with E-state index in [4.69, 9.17) is 0 Å². The number of aryl methyl sites for hydroxylation is 1. The first kappa shape index (κ1) is 13.1. The van der Waals surface area contributed by atoms with Gasteiger partial charge < -0.3 is 9.88 Å². The van der Waals surface area contributed by atoms with Crippen LogP contribution in [0, 0.1) is 5.92 Å². The van der Waals surface area contributed by atoms with Crippen molar-refractivity contribution in [1.29, 1.82) is 0 Å². The van der Waals surface area contributed by atoms with Crippen LogP contribution in [0.25, 0.3) is 0 Å². The van der Waals surface area contributed by atoms with Crippen molar-refractivity contribution >= 4 is 5.82 Å². The van der Waals surface area contributed by atoms with E-state index in [-0.39, 0.29) is 5.56 Å². The highest BCUT2D eigenvalue weighted by atomic mass is 16.1. The van der Waals surface area contributed by atoms with Gasteiger partial charge in [-0.05, 0) is 25.7 Å². The summed E-state index contributed by atoms with van der Waals surface area (Å²) >= 11 is 0. The molecule has 1 N–H and O–H groups in total. The fourth-order valence-electron chi connectivity index (χ4n) is 2.86. The minimum Gasteiger partial charge on any atom is -0.362 e. The lowest BCUT2D eigenvalue weighted by Crippen LogP contribution is -2.35. The molecule has 0 spiro atoms. The van der Waals surface area contributed by atoms with Crippen LogP contribution in [0.5, 0.6) is 0 Å². The van der Waals surface area contributed by atoms with Gasteiger partial charge in [-0.3, -0.25) is 4.79 Å². The smallest absolute Gasteiger partial charge is 0.293 e. The number of rotatable bonds is 4. The zero-order valence-electron chi connectivity index (χ0n) is 11.4. The van der Waals surface area contributed by atoms with Crippen molar-refractivity contribution in [3.63, 3.8) is 0 Å². The normalized spacial score (nSPS) is 23.9. The zero-order chi connectivity index (χ0) is 13.0. The summed E-state index contributed by atoms with van der Waals surface area (Å²) in [5.74, 6) is 1.19. The summed E-state index contributed by atoms with van der Waals surface area (Å²) < 4.78 is 1.69. The number of nitrogens with zero attached hydrogens (tertiary/aromatic N) is 2. The van der Waals surface area contributed by atoms with Gasteiger partial charge in [-0.2, -0.15) is 0 Å². The summed E-state index contributed by atoms with van der Waals surface area (Å²) in [4.78, 5) is 16.3. The molecule has 2 unspecified atom stereocenters. The lowest BCUT2D eigenvalue weighted by Gasteiger charge is -2.31. The maximum absolute atomic E-state index is 12.1. The average molecular weight is 249 g/mol. The predicted octanol–water partition coefficient (Wildman–Crippen LogP) is 2.64. The maximum atomic E-state index is 12.1. The largest absolute Gasteiger partial charge is 0.362 e. The molecule has 1 heterocycles. The Hall–Kier alpha value is -1.32. The molecule has 0 aliphatic heterocycles. The van der Waals surface area contributed by atoms with Crippen molar-refractivity contribution in [3.05, 3.63) is 22.7 Å². The molecule has 0 aromatic carbocycles. The van der Waals surface area contributed by atoms with Gasteiger partial charge in [-0.1, -0.05) is 26.2 Å². The van der Waals surface area contributed by atoms with Gasteiger partial charge in [0.15, 0.2) is 5.82 Å². The first-order valence-electron chi connectivity index (χ1n) is 7.08. The Kier molecular flexibility index (Phi) is 4.39. The molecular formula is C14H23N3O. The topological polar surface area (TPSA) is 46.9 Å². The highest BCUT2D eigenvalue weighted by Gasteiger charge is 2.24. The number of hydrogen-bond donors (Lipinski definition) is 1. The molecule has 1 fully saturated rings. The fraction of sp³-hybridized carbons (Fsp3) is 0.714. The Labute approximate surface area is 108 Å². The summed E-state index contributed by atoms with van der Waals surface area (Å²) in [6.07, 6.45) is 9.61. The average Bonchev–Trinajstić information content (AvgIpc) is 2.42. The second-order valence-electron chi connectivity index (χ2n) is 5.07. The molecule has 2 atom stereocenters. The van der Waals surface area contributed by atoms with Gasteiger partial charge in [0, 0.05) is 25.0 Å². The van der Waals surface area contributed by atoms with Crippen LogP contribution in [0.15, 0.2) is 17.2 Å². The molecule has 1 saturated carbocycles. The Morgan fingerprint density at radius 1 is 1.39 bits per heavy atom. The van der Waals surface area contributed by atoms with E-state index in [0.29, 0.717) is 24.3 Å². The molecule has 1 aliphatic carbocycles. The minimum atomic E-state index is 0.000395. The molecule has 0 radical (unpaired) electrons. The number of anilines is 1. The third-order valence-electron chi connectivity index (χ3n) is 4.01. The van der Waals surface area contributed by atoms with Crippen molar-refractivity contribution in [1.82, 2.24) is 9.55 Å². The van der Waals surface area contributed by atoms with Crippen molar-refractivity contribution in [2.75, 3.05) is 5.32 Å². The van der Waals surface area contributed by atoms with Gasteiger partial charge in [0.25, 0.3) is 5.56 Å². The molecule has 2 rings (SSSR count). The summed E-state index contributed by atoms with van der Waals surface area (Å²) in [7, 11) is 0. The van der Waals surface area contributed by atoms with E-state index in [0.717, 1.165) is 6.42 Å². The van der Waals surface area contributed by atoms with E-state index in [2.05, 4.69) is 17.2 Å². The molecule has 0 saturated heterocycles. The molecule has 4 heteroatoms. The quantitative estimate of drug-likeness (QED) is 0.892. The van der Waals surface area contributed by atoms with Crippen LogP contribution in [0.4, 0.5) is 5.82 Å². The lowest BCUT2D eigenvalue weighted by molar-refractivity contribution is 0.316. The summed E-state index contributed by atoms with van der Waals surface area (Å²) in [6, 6.07) is 0.414. The van der Waals surface area contributed by atoms with E-state index in [1.807, 2.05) is 6.92 Å². The van der Waals surface area contributed by atoms with Crippen LogP contribution in [-0.4, -0.2) is 15.6 Å². The van der Waals surface area contributed by atoms with Crippen LogP contribution in [-0.2, 0) is 6.54 Å². The second-order valence-corrected chi connectivity index (χ2v) is 5.07. The molecule has 4 nitrogen and oxygen atoms in total. The standard InChI is InChI=1S/C14H23N3O/c1-3-11-7-5-6-8-12(11)16-13-14(18)17(4-2)10-9-15-13/h9-12H,3-8H2,1-2H3,(H,15,16). The van der Waals surface area contributed by atoms with Crippen LogP contribution in [0.1, 0.15) is 46.0 Å². The van der Waals surface area contributed by atoms with E-state index in [9.17, 15) is 4.79 Å². The van der Waals surface area contributed by atoms with E-state index in [1.165, 1.54) is 25.7 Å². The predicted molar refractivity (Wildman–Crippen MR) is 73.8 cm³/mol. The highest BCUT2D eigenvalue weighted by molar-refractivity contribution is 5.32. The summed E-state index contributed by atoms with van der Waals surface area (Å²) in [5.41, 5.74) is 0.000395. The van der Waals surface area contributed by atoms with Crippen LogP contribution >= 0.6 is 0 Å². The molecule has 1 aromatic heterocycles. The van der Waals surface area contributed by atoms with Crippen molar-refractivity contribution in [2.24, 2.45) is 5.92 Å². The van der Waals surface area contributed by atoms with Crippen LogP contribution in [0.3, 0.4) is 0 Å². The Bertz CT molecular complexity index is 441.